The number of nitrogens with zero attached hydrogens (tertiary/aromatic N) is 7. The fourth-order valence-corrected chi connectivity index (χ4v) is 4.41. The normalized spacial score (nSPS) is 18.4. The molecule has 4 aromatic rings. The molecule has 168 valence electrons. The van der Waals surface area contributed by atoms with E-state index in [0.29, 0.717) is 30.9 Å². The molecule has 3 heterocycles. The highest BCUT2D eigenvalue weighted by Crippen LogP contribution is 2.25. The number of ether oxygens (including phenoxy) is 1. The Bertz CT molecular complexity index is 1240. The zero-order chi connectivity index (χ0) is 22.8. The lowest BCUT2D eigenvalue weighted by molar-refractivity contribution is -0.0301. The Morgan fingerprint density at radius 3 is 2.42 bits per heavy atom. The third-order valence-electron chi connectivity index (χ3n) is 5.89. The van der Waals surface area contributed by atoms with E-state index in [-0.39, 0.29) is 18.0 Å². The number of aromatic nitrogens is 6. The van der Waals surface area contributed by atoms with Crippen LogP contribution in [0.5, 0.6) is 0 Å². The lowest BCUT2D eigenvalue weighted by atomic mass is 9.99. The summed E-state index contributed by atoms with van der Waals surface area (Å²) in [6.45, 7) is 4.96. The van der Waals surface area contributed by atoms with Crippen LogP contribution in [0.25, 0.3) is 11.4 Å². The van der Waals surface area contributed by atoms with E-state index in [9.17, 15) is 4.79 Å². The maximum absolute atomic E-state index is 13.9. The first-order valence-corrected chi connectivity index (χ1v) is 10.9. The number of hydrogen-bond donors (Lipinski definition) is 0. The Balaban J connectivity index is 1.47. The molecule has 0 spiro atoms. The van der Waals surface area contributed by atoms with Crippen molar-refractivity contribution in [3.05, 3.63) is 83.9 Å². The summed E-state index contributed by atoms with van der Waals surface area (Å²) >= 11 is 0. The van der Waals surface area contributed by atoms with E-state index in [1.165, 1.54) is 4.80 Å². The van der Waals surface area contributed by atoms with Crippen molar-refractivity contribution in [2.75, 3.05) is 13.2 Å². The molecule has 9 nitrogen and oxygen atoms in total. The highest BCUT2D eigenvalue weighted by Gasteiger charge is 2.34. The summed E-state index contributed by atoms with van der Waals surface area (Å²) in [7, 11) is 0. The molecule has 0 saturated carbocycles. The molecule has 0 N–H and O–H groups in total. The van der Waals surface area contributed by atoms with Gasteiger partial charge in [0.2, 0.25) is 0 Å². The van der Waals surface area contributed by atoms with Gasteiger partial charge in [0, 0.05) is 0 Å². The number of para-hydroxylation sites is 1. The van der Waals surface area contributed by atoms with Gasteiger partial charge >= 0.3 is 0 Å². The van der Waals surface area contributed by atoms with Crippen LogP contribution < -0.4 is 0 Å². The summed E-state index contributed by atoms with van der Waals surface area (Å²) in [6, 6.07) is 13.6. The number of morpholine rings is 1. The van der Waals surface area contributed by atoms with Crippen molar-refractivity contribution < 1.29 is 9.53 Å². The molecule has 2 atom stereocenters. The largest absolute Gasteiger partial charge is 0.377 e. The molecule has 0 aliphatic carbocycles. The van der Waals surface area contributed by atoms with Gasteiger partial charge in [-0.25, -0.2) is 0 Å². The predicted molar refractivity (Wildman–Crippen MR) is 121 cm³/mol. The molecule has 2 aromatic carbocycles. The number of carbonyl (C=O) groups is 1. The van der Waals surface area contributed by atoms with Gasteiger partial charge in [-0.3, -0.25) is 4.79 Å². The Morgan fingerprint density at radius 2 is 1.67 bits per heavy atom. The van der Waals surface area contributed by atoms with E-state index in [1.807, 2.05) is 55.1 Å². The molecule has 2 aromatic heterocycles. The zero-order valence-electron chi connectivity index (χ0n) is 18.6. The first-order chi connectivity index (χ1) is 16.1. The van der Waals surface area contributed by atoms with Gasteiger partial charge in [0.05, 0.1) is 61.3 Å². The molecular formula is C24H25N7O2. The second kappa shape index (κ2) is 8.95. The van der Waals surface area contributed by atoms with Crippen molar-refractivity contribution in [3.8, 4) is 11.4 Å². The number of rotatable bonds is 5. The van der Waals surface area contributed by atoms with Crippen LogP contribution in [-0.2, 0) is 11.2 Å². The highest BCUT2D eigenvalue weighted by atomic mass is 16.5. The number of aryl methyl sites for hydroxylation is 1. The maximum atomic E-state index is 13.9. The molecule has 9 heteroatoms. The standard InChI is InChI=1S/C24H25N7O2/c1-17-5-3-8-22(23(17)31-27-11-12-28-31)24(32)29-18(2)15-33-16-21(29)14-19-6-4-7-20(13-19)30-25-9-10-26-30/h3-13,18,21H,14-16H2,1-2H3/t18-,21+/m0/s1. The molecule has 33 heavy (non-hydrogen) atoms. The first-order valence-electron chi connectivity index (χ1n) is 10.9. The van der Waals surface area contributed by atoms with Crippen molar-refractivity contribution in [3.63, 3.8) is 0 Å². The fraction of sp³-hybridized carbons (Fsp3) is 0.292. The van der Waals surface area contributed by atoms with Gasteiger partial charge < -0.3 is 9.64 Å². The first kappa shape index (κ1) is 21.0. The van der Waals surface area contributed by atoms with Gasteiger partial charge in [-0.15, -0.1) is 0 Å². The Hall–Kier alpha value is -3.85. The van der Waals surface area contributed by atoms with E-state index in [2.05, 4.69) is 26.5 Å². The second-order valence-electron chi connectivity index (χ2n) is 8.23. The molecule has 1 amide bonds. The molecule has 0 bridgehead atoms. The number of hydrogen-bond acceptors (Lipinski definition) is 6. The minimum Gasteiger partial charge on any atom is -0.377 e. The molecule has 0 radical (unpaired) electrons. The Kier molecular flexibility index (Phi) is 5.70. The van der Waals surface area contributed by atoms with Crippen LogP contribution in [0.3, 0.4) is 0 Å². The minimum atomic E-state index is -0.110. The van der Waals surface area contributed by atoms with Gasteiger partial charge in [0.15, 0.2) is 0 Å². The van der Waals surface area contributed by atoms with Crippen LogP contribution in [0.1, 0.15) is 28.4 Å². The third-order valence-corrected chi connectivity index (χ3v) is 5.89. The van der Waals surface area contributed by atoms with Gasteiger partial charge in [0.1, 0.15) is 5.69 Å². The topological polar surface area (TPSA) is 91.0 Å². The summed E-state index contributed by atoms with van der Waals surface area (Å²) in [5, 5.41) is 17.0. The molecule has 1 aliphatic heterocycles. The third kappa shape index (κ3) is 4.14. The number of benzene rings is 2. The fourth-order valence-electron chi connectivity index (χ4n) is 4.41. The van der Waals surface area contributed by atoms with Crippen LogP contribution in [0.15, 0.2) is 67.3 Å². The monoisotopic (exact) mass is 443 g/mol. The van der Waals surface area contributed by atoms with E-state index < -0.39 is 0 Å². The molecule has 1 aliphatic rings. The summed E-state index contributed by atoms with van der Waals surface area (Å²) in [5.41, 5.74) is 4.19. The lowest BCUT2D eigenvalue weighted by Crippen LogP contribution is -2.54. The summed E-state index contributed by atoms with van der Waals surface area (Å²) in [6.07, 6.45) is 7.19. The van der Waals surface area contributed by atoms with E-state index in [1.54, 1.807) is 29.6 Å². The van der Waals surface area contributed by atoms with Crippen LogP contribution in [0.2, 0.25) is 0 Å². The Morgan fingerprint density at radius 1 is 0.970 bits per heavy atom. The molecule has 1 saturated heterocycles. The summed E-state index contributed by atoms with van der Waals surface area (Å²) in [5.74, 6) is -0.0447. The van der Waals surface area contributed by atoms with Crippen LogP contribution in [-0.4, -0.2) is 66.1 Å². The van der Waals surface area contributed by atoms with Crippen LogP contribution >= 0.6 is 0 Å². The van der Waals surface area contributed by atoms with Crippen molar-refractivity contribution in [2.45, 2.75) is 32.4 Å². The van der Waals surface area contributed by atoms with Gasteiger partial charge in [-0.1, -0.05) is 24.3 Å². The molecule has 1 fully saturated rings. The lowest BCUT2D eigenvalue weighted by Gasteiger charge is -2.41. The number of amides is 1. The average molecular weight is 444 g/mol. The zero-order valence-corrected chi connectivity index (χ0v) is 18.6. The molecule has 0 unspecified atom stereocenters. The molecular weight excluding hydrogens is 418 g/mol. The van der Waals surface area contributed by atoms with Gasteiger partial charge in [-0.05, 0) is 49.6 Å². The van der Waals surface area contributed by atoms with Crippen LogP contribution in [0, 0.1) is 6.92 Å². The van der Waals surface area contributed by atoms with E-state index >= 15 is 0 Å². The van der Waals surface area contributed by atoms with E-state index in [4.69, 9.17) is 4.74 Å². The van der Waals surface area contributed by atoms with Crippen molar-refractivity contribution >= 4 is 5.91 Å². The van der Waals surface area contributed by atoms with Gasteiger partial charge in [0.25, 0.3) is 5.91 Å². The van der Waals surface area contributed by atoms with E-state index in [0.717, 1.165) is 16.8 Å². The van der Waals surface area contributed by atoms with Crippen molar-refractivity contribution in [1.82, 2.24) is 34.9 Å². The average Bonchev–Trinajstić information content (AvgIpc) is 3.54. The quantitative estimate of drug-likeness (QED) is 0.471. The summed E-state index contributed by atoms with van der Waals surface area (Å²) < 4.78 is 5.86. The maximum Gasteiger partial charge on any atom is 0.256 e. The molecule has 5 rings (SSSR count). The minimum absolute atomic E-state index is 0.0447. The second-order valence-corrected chi connectivity index (χ2v) is 8.23. The van der Waals surface area contributed by atoms with Crippen molar-refractivity contribution in [1.29, 1.82) is 0 Å². The highest BCUT2D eigenvalue weighted by molar-refractivity contribution is 5.98. The SMILES string of the molecule is Cc1cccc(C(=O)N2[C@H](Cc3cccc(-n4nccn4)c3)COC[C@@H]2C)c1-n1nccn1. The van der Waals surface area contributed by atoms with Crippen molar-refractivity contribution in [2.24, 2.45) is 0 Å². The predicted octanol–water partition coefficient (Wildman–Crippen LogP) is 2.63. The number of carbonyl (C=O) groups excluding carboxylic acids is 1. The Labute approximate surface area is 191 Å². The van der Waals surface area contributed by atoms with Crippen LogP contribution in [0.4, 0.5) is 0 Å². The summed E-state index contributed by atoms with van der Waals surface area (Å²) in [4.78, 5) is 19.0. The smallest absolute Gasteiger partial charge is 0.256 e. The van der Waals surface area contributed by atoms with Gasteiger partial charge in [-0.2, -0.15) is 30.0 Å².